The molecule has 0 saturated carbocycles. The number of carbonyl (C=O) groups is 1. The van der Waals surface area contributed by atoms with Crippen LogP contribution in [0.25, 0.3) is 0 Å². The molecular formula is C7H12N4OS. The third-order valence-corrected chi connectivity index (χ3v) is 2.68. The Morgan fingerprint density at radius 1 is 1.62 bits per heavy atom. The summed E-state index contributed by atoms with van der Waals surface area (Å²) in [6, 6.07) is 0. The van der Waals surface area contributed by atoms with Crippen molar-refractivity contribution in [3.63, 3.8) is 0 Å². The van der Waals surface area contributed by atoms with E-state index in [9.17, 15) is 4.79 Å². The van der Waals surface area contributed by atoms with E-state index in [4.69, 9.17) is 0 Å². The Bertz CT molecular complexity index is 309. The number of nitrogens with zero attached hydrogens (tertiary/aromatic N) is 3. The fourth-order valence-corrected chi connectivity index (χ4v) is 1.54. The molecule has 1 rings (SSSR count). The fraction of sp³-hybridized carbons (Fsp3) is 0.571. The highest BCUT2D eigenvalue weighted by molar-refractivity contribution is 7.99. The topological polar surface area (TPSA) is 59.8 Å². The number of carbonyl (C=O) groups excluding carboxylic acids is 1. The summed E-state index contributed by atoms with van der Waals surface area (Å²) >= 11 is 1.38. The van der Waals surface area contributed by atoms with Gasteiger partial charge >= 0.3 is 0 Å². The first-order valence-corrected chi connectivity index (χ1v) is 4.83. The highest BCUT2D eigenvalue weighted by atomic mass is 32.2. The van der Waals surface area contributed by atoms with Gasteiger partial charge in [-0.2, -0.15) is 0 Å². The van der Waals surface area contributed by atoms with E-state index in [1.165, 1.54) is 11.8 Å². The Morgan fingerprint density at radius 2 is 2.31 bits per heavy atom. The number of amides is 1. The largest absolute Gasteiger partial charge is 0.358 e. The standard InChI is InChI=1S/C7H12N4OS/c1-5-9-10-7(11(5)3)13-4-6(12)8-2/h4H2,1-3H3,(H,8,12). The van der Waals surface area contributed by atoms with Gasteiger partial charge in [0, 0.05) is 14.1 Å². The molecule has 5 nitrogen and oxygen atoms in total. The Kier molecular flexibility index (Phi) is 3.30. The molecule has 1 amide bonds. The van der Waals surface area contributed by atoms with Crippen LogP contribution in [-0.2, 0) is 11.8 Å². The summed E-state index contributed by atoms with van der Waals surface area (Å²) in [4.78, 5) is 10.9. The molecule has 0 atom stereocenters. The van der Waals surface area contributed by atoms with Gasteiger partial charge in [-0.05, 0) is 6.92 Å². The molecule has 72 valence electrons. The van der Waals surface area contributed by atoms with Crippen molar-refractivity contribution in [3.8, 4) is 0 Å². The average molecular weight is 200 g/mol. The van der Waals surface area contributed by atoms with Crippen molar-refractivity contribution in [2.24, 2.45) is 7.05 Å². The fourth-order valence-electron chi connectivity index (χ4n) is 0.716. The van der Waals surface area contributed by atoms with Crippen molar-refractivity contribution >= 4 is 17.7 Å². The van der Waals surface area contributed by atoms with Crippen molar-refractivity contribution in [1.82, 2.24) is 20.1 Å². The number of aryl methyl sites for hydroxylation is 1. The Hall–Kier alpha value is -1.04. The van der Waals surface area contributed by atoms with Gasteiger partial charge in [-0.3, -0.25) is 4.79 Å². The second kappa shape index (κ2) is 4.27. The van der Waals surface area contributed by atoms with Gasteiger partial charge in [-0.15, -0.1) is 10.2 Å². The molecule has 13 heavy (non-hydrogen) atoms. The highest BCUT2D eigenvalue weighted by Crippen LogP contribution is 2.14. The molecule has 0 saturated heterocycles. The van der Waals surface area contributed by atoms with Gasteiger partial charge in [-0.25, -0.2) is 0 Å². The first-order chi connectivity index (χ1) is 6.15. The Morgan fingerprint density at radius 3 is 2.77 bits per heavy atom. The first kappa shape index (κ1) is 10.0. The molecule has 0 aliphatic rings. The van der Waals surface area contributed by atoms with Crippen LogP contribution in [0.1, 0.15) is 5.82 Å². The minimum absolute atomic E-state index is 0.00865. The predicted octanol–water partition coefficient (Wildman–Crippen LogP) is -0.0384. The summed E-state index contributed by atoms with van der Waals surface area (Å²) in [5.74, 6) is 1.22. The van der Waals surface area contributed by atoms with Crippen molar-refractivity contribution in [1.29, 1.82) is 0 Å². The molecule has 6 heteroatoms. The van der Waals surface area contributed by atoms with Crippen LogP contribution in [0.2, 0.25) is 0 Å². The highest BCUT2D eigenvalue weighted by Gasteiger charge is 2.07. The lowest BCUT2D eigenvalue weighted by atomic mass is 10.7. The molecule has 1 aromatic heterocycles. The summed E-state index contributed by atoms with van der Waals surface area (Å²) in [6.45, 7) is 1.87. The Balaban J connectivity index is 2.55. The van der Waals surface area contributed by atoms with Crippen molar-refractivity contribution in [2.75, 3.05) is 12.8 Å². The van der Waals surface area contributed by atoms with Gasteiger partial charge in [0.1, 0.15) is 5.82 Å². The maximum absolute atomic E-state index is 10.9. The molecule has 1 N–H and O–H groups in total. The predicted molar refractivity (Wildman–Crippen MR) is 50.5 cm³/mol. The summed E-state index contributed by atoms with van der Waals surface area (Å²) in [6.07, 6.45) is 0. The monoisotopic (exact) mass is 200 g/mol. The normalized spacial score (nSPS) is 10.1. The number of hydrogen-bond acceptors (Lipinski definition) is 4. The van der Waals surface area contributed by atoms with Crippen LogP contribution < -0.4 is 5.32 Å². The first-order valence-electron chi connectivity index (χ1n) is 3.84. The SMILES string of the molecule is CNC(=O)CSc1nnc(C)n1C. The molecule has 0 bridgehead atoms. The maximum atomic E-state index is 10.9. The van der Waals surface area contributed by atoms with E-state index in [1.807, 2.05) is 18.5 Å². The summed E-state index contributed by atoms with van der Waals surface area (Å²) in [7, 11) is 3.49. The van der Waals surface area contributed by atoms with Crippen LogP contribution in [0.3, 0.4) is 0 Å². The number of nitrogens with one attached hydrogen (secondary N) is 1. The van der Waals surface area contributed by atoms with E-state index < -0.39 is 0 Å². The lowest BCUT2D eigenvalue weighted by Gasteiger charge is -1.99. The smallest absolute Gasteiger partial charge is 0.230 e. The van der Waals surface area contributed by atoms with Gasteiger partial charge < -0.3 is 9.88 Å². The lowest BCUT2D eigenvalue weighted by Crippen LogP contribution is -2.20. The van der Waals surface area contributed by atoms with E-state index in [0.717, 1.165) is 11.0 Å². The van der Waals surface area contributed by atoms with Crippen molar-refractivity contribution in [3.05, 3.63) is 5.82 Å². The zero-order chi connectivity index (χ0) is 9.84. The van der Waals surface area contributed by atoms with Crippen LogP contribution in [-0.4, -0.2) is 33.5 Å². The number of rotatable bonds is 3. The molecule has 0 aliphatic heterocycles. The minimum atomic E-state index is -0.00865. The zero-order valence-electron chi connectivity index (χ0n) is 7.87. The lowest BCUT2D eigenvalue weighted by molar-refractivity contribution is -0.118. The number of aromatic nitrogens is 3. The summed E-state index contributed by atoms with van der Waals surface area (Å²) < 4.78 is 1.85. The quantitative estimate of drug-likeness (QED) is 0.696. The summed E-state index contributed by atoms with van der Waals surface area (Å²) in [5, 5.41) is 11.1. The molecule has 0 spiro atoms. The van der Waals surface area contributed by atoms with Crippen molar-refractivity contribution < 1.29 is 4.79 Å². The second-order valence-corrected chi connectivity index (χ2v) is 3.49. The second-order valence-electron chi connectivity index (χ2n) is 2.55. The molecule has 0 aliphatic carbocycles. The molecule has 0 radical (unpaired) electrons. The Labute approximate surface area is 80.9 Å². The third kappa shape index (κ3) is 2.45. The van der Waals surface area contributed by atoms with Gasteiger partial charge in [0.15, 0.2) is 5.16 Å². The molecular weight excluding hydrogens is 188 g/mol. The maximum Gasteiger partial charge on any atom is 0.230 e. The van der Waals surface area contributed by atoms with Crippen LogP contribution >= 0.6 is 11.8 Å². The summed E-state index contributed by atoms with van der Waals surface area (Å²) in [5.41, 5.74) is 0. The van der Waals surface area contributed by atoms with Crippen LogP contribution in [0.5, 0.6) is 0 Å². The van der Waals surface area contributed by atoms with E-state index in [1.54, 1.807) is 7.05 Å². The van der Waals surface area contributed by atoms with Crippen LogP contribution in [0.15, 0.2) is 5.16 Å². The van der Waals surface area contributed by atoms with E-state index >= 15 is 0 Å². The molecule has 0 fully saturated rings. The van der Waals surface area contributed by atoms with Crippen molar-refractivity contribution in [2.45, 2.75) is 12.1 Å². The van der Waals surface area contributed by atoms with E-state index in [-0.39, 0.29) is 5.91 Å². The zero-order valence-corrected chi connectivity index (χ0v) is 8.68. The number of thioether (sulfide) groups is 1. The third-order valence-electron chi connectivity index (χ3n) is 1.66. The number of hydrogen-bond donors (Lipinski definition) is 1. The molecule has 1 aromatic rings. The van der Waals surface area contributed by atoms with Crippen LogP contribution in [0, 0.1) is 6.92 Å². The molecule has 1 heterocycles. The molecule has 0 unspecified atom stereocenters. The van der Waals surface area contributed by atoms with Crippen LogP contribution in [0.4, 0.5) is 0 Å². The van der Waals surface area contributed by atoms with E-state index in [2.05, 4.69) is 15.5 Å². The minimum Gasteiger partial charge on any atom is -0.358 e. The average Bonchev–Trinajstić information content (AvgIpc) is 2.44. The van der Waals surface area contributed by atoms with Gasteiger partial charge in [-0.1, -0.05) is 11.8 Å². The van der Waals surface area contributed by atoms with Gasteiger partial charge in [0.2, 0.25) is 5.91 Å². The van der Waals surface area contributed by atoms with Gasteiger partial charge in [0.05, 0.1) is 5.75 Å². The van der Waals surface area contributed by atoms with E-state index in [0.29, 0.717) is 5.75 Å². The van der Waals surface area contributed by atoms with Gasteiger partial charge in [0.25, 0.3) is 0 Å². The molecule has 0 aromatic carbocycles.